The van der Waals surface area contributed by atoms with Gasteiger partial charge in [-0.25, -0.2) is 0 Å². The van der Waals surface area contributed by atoms with Crippen LogP contribution in [-0.2, 0) is 4.79 Å². The highest BCUT2D eigenvalue weighted by Crippen LogP contribution is 2.22. The maximum Gasteiger partial charge on any atom is 0.257 e. The normalized spacial score (nSPS) is 9.76. The van der Waals surface area contributed by atoms with E-state index in [9.17, 15) is 4.79 Å². The number of nitrogens with one attached hydrogen (secondary N) is 3. The largest absolute Gasteiger partial charge is 0.495 e. The van der Waals surface area contributed by atoms with E-state index in [0.717, 1.165) is 10.6 Å². The van der Waals surface area contributed by atoms with Gasteiger partial charge >= 0.3 is 0 Å². The Hall–Kier alpha value is -2.47. The van der Waals surface area contributed by atoms with E-state index in [0.29, 0.717) is 11.4 Å². The predicted octanol–water partition coefficient (Wildman–Crippen LogP) is 2.46. The number of anilines is 1. The highest BCUT2D eigenvalue weighted by molar-refractivity contribution is 7.11. The summed E-state index contributed by atoms with van der Waals surface area (Å²) in [7, 11) is 1.59. The zero-order valence-electron chi connectivity index (χ0n) is 11.7. The van der Waals surface area contributed by atoms with Crippen molar-refractivity contribution in [3.63, 3.8) is 0 Å². The predicted molar refractivity (Wildman–Crippen MR) is 86.1 cm³/mol. The average Bonchev–Trinajstić information content (AvgIpc) is 3.05. The summed E-state index contributed by atoms with van der Waals surface area (Å²) in [5.41, 5.74) is 6.82. The van der Waals surface area contributed by atoms with Gasteiger partial charge in [0.15, 0.2) is 0 Å². The first-order valence-corrected chi connectivity index (χ1v) is 7.23. The van der Waals surface area contributed by atoms with E-state index in [1.807, 2.05) is 41.8 Å². The molecule has 2 rings (SSSR count). The van der Waals surface area contributed by atoms with Crippen LogP contribution in [0.2, 0.25) is 0 Å². The monoisotopic (exact) mass is 303 g/mol. The zero-order chi connectivity index (χ0) is 15.1. The van der Waals surface area contributed by atoms with Gasteiger partial charge in [-0.05, 0) is 23.6 Å². The van der Waals surface area contributed by atoms with Crippen molar-refractivity contribution in [2.45, 2.75) is 0 Å². The first kappa shape index (κ1) is 14.9. The van der Waals surface area contributed by atoms with Crippen LogP contribution in [0, 0.1) is 0 Å². The molecular formula is C15H17N3O2S. The number of hydrogen-bond donors (Lipinski definition) is 3. The number of amides is 1. The SMILES string of the molecule is C=C(NNC(=O)CNc1ccccc1OC)c1cccs1. The number of hydrazine groups is 1. The van der Waals surface area contributed by atoms with Crippen LogP contribution in [-0.4, -0.2) is 19.6 Å². The van der Waals surface area contributed by atoms with Crippen LogP contribution in [0.25, 0.3) is 5.70 Å². The smallest absolute Gasteiger partial charge is 0.257 e. The van der Waals surface area contributed by atoms with Crippen molar-refractivity contribution < 1.29 is 9.53 Å². The Morgan fingerprint density at radius 2 is 2.05 bits per heavy atom. The molecule has 0 aliphatic carbocycles. The Kier molecular flexibility index (Phi) is 5.22. The molecule has 0 unspecified atom stereocenters. The van der Waals surface area contributed by atoms with E-state index < -0.39 is 0 Å². The molecule has 0 aliphatic rings. The lowest BCUT2D eigenvalue weighted by atomic mass is 10.3. The molecular weight excluding hydrogens is 286 g/mol. The van der Waals surface area contributed by atoms with Crippen molar-refractivity contribution in [2.24, 2.45) is 0 Å². The van der Waals surface area contributed by atoms with E-state index in [4.69, 9.17) is 4.74 Å². The van der Waals surface area contributed by atoms with Crippen molar-refractivity contribution in [1.82, 2.24) is 10.9 Å². The molecule has 2 aromatic rings. The van der Waals surface area contributed by atoms with Crippen molar-refractivity contribution >= 4 is 28.6 Å². The molecule has 1 heterocycles. The molecule has 0 bridgehead atoms. The van der Waals surface area contributed by atoms with Crippen LogP contribution >= 0.6 is 11.3 Å². The van der Waals surface area contributed by atoms with Gasteiger partial charge in [-0.2, -0.15) is 0 Å². The molecule has 5 nitrogen and oxygen atoms in total. The molecule has 1 aromatic carbocycles. The topological polar surface area (TPSA) is 62.4 Å². The maximum atomic E-state index is 11.8. The lowest BCUT2D eigenvalue weighted by molar-refractivity contribution is -0.120. The Bertz CT molecular complexity index is 611. The van der Waals surface area contributed by atoms with E-state index in [1.165, 1.54) is 0 Å². The minimum Gasteiger partial charge on any atom is -0.495 e. The molecule has 0 atom stereocenters. The number of para-hydroxylation sites is 2. The summed E-state index contributed by atoms with van der Waals surface area (Å²) < 4.78 is 5.20. The molecule has 3 N–H and O–H groups in total. The van der Waals surface area contributed by atoms with Gasteiger partial charge in [0.1, 0.15) is 5.75 Å². The molecule has 1 aromatic heterocycles. The van der Waals surface area contributed by atoms with E-state index in [2.05, 4.69) is 22.7 Å². The summed E-state index contributed by atoms with van der Waals surface area (Å²) in [6, 6.07) is 11.3. The van der Waals surface area contributed by atoms with Crippen LogP contribution in [0.3, 0.4) is 0 Å². The van der Waals surface area contributed by atoms with Crippen molar-refractivity contribution in [3.8, 4) is 5.75 Å². The van der Waals surface area contributed by atoms with Crippen LogP contribution in [0.15, 0.2) is 48.4 Å². The van der Waals surface area contributed by atoms with Gasteiger partial charge in [0, 0.05) is 0 Å². The number of benzene rings is 1. The third kappa shape index (κ3) is 4.25. The van der Waals surface area contributed by atoms with E-state index >= 15 is 0 Å². The lowest BCUT2D eigenvalue weighted by Gasteiger charge is -2.12. The van der Waals surface area contributed by atoms with Gasteiger partial charge in [-0.3, -0.25) is 15.6 Å². The number of methoxy groups -OCH3 is 1. The lowest BCUT2D eigenvalue weighted by Crippen LogP contribution is -2.39. The second kappa shape index (κ2) is 7.35. The minimum absolute atomic E-state index is 0.130. The van der Waals surface area contributed by atoms with Crippen LogP contribution < -0.4 is 20.9 Å². The fraction of sp³-hybridized carbons (Fsp3) is 0.133. The Labute approximate surface area is 127 Å². The molecule has 1 amide bonds. The molecule has 6 heteroatoms. The number of carbonyl (C=O) groups excluding carboxylic acids is 1. The second-order valence-corrected chi connectivity index (χ2v) is 5.13. The first-order chi connectivity index (χ1) is 10.2. The molecule has 21 heavy (non-hydrogen) atoms. The Morgan fingerprint density at radius 3 is 2.76 bits per heavy atom. The molecule has 0 saturated carbocycles. The van der Waals surface area contributed by atoms with Crippen LogP contribution in [0.1, 0.15) is 4.88 Å². The number of ether oxygens (including phenoxy) is 1. The minimum atomic E-state index is -0.196. The van der Waals surface area contributed by atoms with Crippen molar-refractivity contribution in [3.05, 3.63) is 53.2 Å². The number of hydrogen-bond acceptors (Lipinski definition) is 5. The summed E-state index contributed by atoms with van der Waals surface area (Å²) in [4.78, 5) is 12.8. The van der Waals surface area contributed by atoms with E-state index in [1.54, 1.807) is 18.4 Å². The second-order valence-electron chi connectivity index (χ2n) is 4.18. The molecule has 0 saturated heterocycles. The number of thiophene rings is 1. The molecule has 0 spiro atoms. The third-order valence-corrected chi connectivity index (χ3v) is 3.65. The van der Waals surface area contributed by atoms with Crippen molar-refractivity contribution in [2.75, 3.05) is 19.0 Å². The highest BCUT2D eigenvalue weighted by Gasteiger charge is 2.05. The zero-order valence-corrected chi connectivity index (χ0v) is 12.5. The maximum absolute atomic E-state index is 11.8. The van der Waals surface area contributed by atoms with Gasteiger partial charge in [0.2, 0.25) is 0 Å². The summed E-state index contributed by atoms with van der Waals surface area (Å²) in [6.45, 7) is 3.99. The molecule has 110 valence electrons. The number of carbonyl (C=O) groups is 1. The van der Waals surface area contributed by atoms with Gasteiger partial charge in [0.05, 0.1) is 29.9 Å². The highest BCUT2D eigenvalue weighted by atomic mass is 32.1. The van der Waals surface area contributed by atoms with E-state index in [-0.39, 0.29) is 12.5 Å². The third-order valence-electron chi connectivity index (χ3n) is 2.72. The Balaban J connectivity index is 1.78. The van der Waals surface area contributed by atoms with Gasteiger partial charge in [-0.15, -0.1) is 11.3 Å². The van der Waals surface area contributed by atoms with Crippen LogP contribution in [0.4, 0.5) is 5.69 Å². The summed E-state index contributed by atoms with van der Waals surface area (Å²) in [6.07, 6.45) is 0. The molecule has 0 fully saturated rings. The van der Waals surface area contributed by atoms with Gasteiger partial charge < -0.3 is 10.1 Å². The standard InChI is InChI=1S/C15H17N3O2S/c1-11(14-8-5-9-21-14)17-18-15(19)10-16-12-6-3-4-7-13(12)20-2/h3-9,16-17H,1,10H2,2H3,(H,18,19). The molecule has 0 aliphatic heterocycles. The van der Waals surface area contributed by atoms with Crippen molar-refractivity contribution in [1.29, 1.82) is 0 Å². The average molecular weight is 303 g/mol. The number of rotatable bonds is 7. The summed E-state index contributed by atoms with van der Waals surface area (Å²) in [5.74, 6) is 0.500. The fourth-order valence-electron chi connectivity index (χ4n) is 1.67. The quantitative estimate of drug-likeness (QED) is 0.688. The van der Waals surface area contributed by atoms with Gasteiger partial charge in [-0.1, -0.05) is 24.8 Å². The fourth-order valence-corrected chi connectivity index (χ4v) is 2.32. The summed E-state index contributed by atoms with van der Waals surface area (Å²) >= 11 is 1.55. The first-order valence-electron chi connectivity index (χ1n) is 6.35. The molecule has 0 radical (unpaired) electrons. The van der Waals surface area contributed by atoms with Crippen LogP contribution in [0.5, 0.6) is 5.75 Å². The van der Waals surface area contributed by atoms with Gasteiger partial charge in [0.25, 0.3) is 5.91 Å². The summed E-state index contributed by atoms with van der Waals surface area (Å²) in [5, 5.41) is 4.97. The Morgan fingerprint density at radius 1 is 1.24 bits per heavy atom.